The van der Waals surface area contributed by atoms with E-state index in [9.17, 15) is 9.59 Å². The van der Waals surface area contributed by atoms with Gasteiger partial charge in [-0.25, -0.2) is 0 Å². The summed E-state index contributed by atoms with van der Waals surface area (Å²) < 4.78 is 2.04. The number of nitrogens with zero attached hydrogens (tertiary/aromatic N) is 1. The number of ketones is 1. The van der Waals surface area contributed by atoms with Gasteiger partial charge < -0.3 is 9.67 Å². The van der Waals surface area contributed by atoms with Crippen LogP contribution in [0, 0.1) is 5.92 Å². The van der Waals surface area contributed by atoms with Gasteiger partial charge >= 0.3 is 5.97 Å². The first-order valence-electron chi connectivity index (χ1n) is 14.3. The maximum absolute atomic E-state index is 13.1. The monoisotopic (exact) mass is 503 g/mol. The average Bonchev–Trinajstić information content (AvgIpc) is 3.24. The Morgan fingerprint density at radius 2 is 1.59 bits per heavy atom. The number of fused-ring (bicyclic) bond motifs is 1. The van der Waals surface area contributed by atoms with Crippen LogP contribution in [0.25, 0.3) is 10.9 Å². The third-order valence-electron chi connectivity index (χ3n) is 7.32. The Morgan fingerprint density at radius 1 is 0.865 bits per heavy atom. The summed E-state index contributed by atoms with van der Waals surface area (Å²) in [4.78, 5) is 23.9. The molecule has 3 rings (SSSR count). The van der Waals surface area contributed by atoms with Crippen LogP contribution < -0.4 is 0 Å². The van der Waals surface area contributed by atoms with E-state index in [0.29, 0.717) is 31.2 Å². The molecule has 0 spiro atoms. The third kappa shape index (κ3) is 8.87. The lowest BCUT2D eigenvalue weighted by atomic mass is 9.88. The maximum atomic E-state index is 13.1. The van der Waals surface area contributed by atoms with E-state index >= 15 is 0 Å². The number of carboxylic acids is 1. The fourth-order valence-corrected chi connectivity index (χ4v) is 5.44. The van der Waals surface area contributed by atoms with Crippen LogP contribution in [0.3, 0.4) is 0 Å². The normalized spacial score (nSPS) is 12.3. The van der Waals surface area contributed by atoms with Crippen molar-refractivity contribution in [3.63, 3.8) is 0 Å². The van der Waals surface area contributed by atoms with E-state index in [-0.39, 0.29) is 12.2 Å². The largest absolute Gasteiger partial charge is 0.481 e. The van der Waals surface area contributed by atoms with Gasteiger partial charge in [0.2, 0.25) is 0 Å². The predicted molar refractivity (Wildman–Crippen MR) is 153 cm³/mol. The number of carbonyl (C=O) groups is 2. The van der Waals surface area contributed by atoms with Crippen LogP contribution in [0.5, 0.6) is 0 Å². The average molecular weight is 504 g/mol. The molecule has 4 nitrogen and oxygen atoms in total. The van der Waals surface area contributed by atoms with Gasteiger partial charge in [-0.3, -0.25) is 9.59 Å². The molecule has 1 heterocycles. The predicted octanol–water partition coefficient (Wildman–Crippen LogP) is 8.81. The molecule has 0 aliphatic carbocycles. The number of hydrogen-bond acceptors (Lipinski definition) is 2. The van der Waals surface area contributed by atoms with E-state index < -0.39 is 5.97 Å². The number of benzene rings is 2. The number of carbonyl (C=O) groups excluding carboxylic acids is 1. The van der Waals surface area contributed by atoms with Gasteiger partial charge in [-0.2, -0.15) is 0 Å². The molecule has 1 aromatic heterocycles. The number of aryl methyl sites for hydroxylation is 1. The van der Waals surface area contributed by atoms with Crippen molar-refractivity contribution in [2.24, 2.45) is 5.92 Å². The number of Topliss-reactive ketones (excluding diaryl/α,β-unsaturated/α-hetero) is 1. The Labute approximate surface area is 223 Å². The van der Waals surface area contributed by atoms with Gasteiger partial charge in [0.25, 0.3) is 0 Å². The zero-order chi connectivity index (χ0) is 26.6. The minimum absolute atomic E-state index is 0.137. The Hall–Kier alpha value is -2.88. The van der Waals surface area contributed by atoms with E-state index in [2.05, 4.69) is 45.0 Å². The number of para-hydroxylation sites is 1. The van der Waals surface area contributed by atoms with Crippen LogP contribution in [0.4, 0.5) is 0 Å². The lowest BCUT2D eigenvalue weighted by molar-refractivity contribution is -0.137. The van der Waals surface area contributed by atoms with Gasteiger partial charge in [0, 0.05) is 42.0 Å². The number of carboxylic acid groups (broad SMARTS) is 1. The molecule has 200 valence electrons. The van der Waals surface area contributed by atoms with Crippen LogP contribution in [-0.4, -0.2) is 21.4 Å². The van der Waals surface area contributed by atoms with Crippen molar-refractivity contribution in [3.05, 3.63) is 71.4 Å². The number of aromatic nitrogens is 1. The molecule has 0 saturated heterocycles. The molecule has 1 atom stereocenters. The summed E-state index contributed by atoms with van der Waals surface area (Å²) in [5.41, 5.74) is 4.69. The first-order valence-corrected chi connectivity index (χ1v) is 14.3. The summed E-state index contributed by atoms with van der Waals surface area (Å²) in [6, 6.07) is 17.3. The van der Waals surface area contributed by atoms with Gasteiger partial charge in [0.05, 0.1) is 0 Å². The summed E-state index contributed by atoms with van der Waals surface area (Å²) in [6.45, 7) is 7.42. The second kappa shape index (κ2) is 14.8. The highest BCUT2D eigenvalue weighted by atomic mass is 16.4. The van der Waals surface area contributed by atoms with E-state index in [1.807, 2.05) is 35.0 Å². The summed E-state index contributed by atoms with van der Waals surface area (Å²) in [6.07, 6.45) is 12.4. The standard InChI is InChI=1S/C33H45NO3/c1-4-12-27(28-20-18-26(19-21-28)23-25(2)3)13-7-5-6-8-16-32(35)30-24-34(22-11-17-33(36)37)31-15-10-9-14-29(30)31/h9-10,14-15,18-21,24-25,27H,4-8,11-13,16-17,22-23H2,1-3H3,(H,36,37). The molecule has 0 amide bonds. The Bertz CT molecular complexity index is 1130. The Balaban J connectivity index is 1.46. The first-order chi connectivity index (χ1) is 17.9. The van der Waals surface area contributed by atoms with Crippen LogP contribution >= 0.6 is 0 Å². The Morgan fingerprint density at radius 3 is 2.30 bits per heavy atom. The van der Waals surface area contributed by atoms with E-state index in [1.165, 1.54) is 36.8 Å². The fourth-order valence-electron chi connectivity index (χ4n) is 5.44. The van der Waals surface area contributed by atoms with Gasteiger partial charge in [-0.05, 0) is 61.1 Å². The number of aliphatic carboxylic acids is 1. The molecule has 2 aromatic carbocycles. The molecular formula is C33H45NO3. The lowest BCUT2D eigenvalue weighted by Gasteiger charge is -2.17. The second-order valence-electron chi connectivity index (χ2n) is 11.0. The van der Waals surface area contributed by atoms with E-state index in [1.54, 1.807) is 0 Å². The molecule has 1 N–H and O–H groups in total. The molecule has 0 aliphatic heterocycles. The zero-order valence-corrected chi connectivity index (χ0v) is 23.0. The minimum Gasteiger partial charge on any atom is -0.481 e. The molecule has 37 heavy (non-hydrogen) atoms. The highest BCUT2D eigenvalue weighted by molar-refractivity contribution is 6.08. The smallest absolute Gasteiger partial charge is 0.303 e. The summed E-state index contributed by atoms with van der Waals surface area (Å²) in [7, 11) is 0. The molecule has 0 radical (unpaired) electrons. The van der Waals surface area contributed by atoms with Crippen molar-refractivity contribution in [2.45, 2.75) is 104 Å². The van der Waals surface area contributed by atoms with Gasteiger partial charge in [-0.15, -0.1) is 0 Å². The van der Waals surface area contributed by atoms with Crippen molar-refractivity contribution in [2.75, 3.05) is 0 Å². The van der Waals surface area contributed by atoms with E-state index in [0.717, 1.165) is 42.1 Å². The van der Waals surface area contributed by atoms with Gasteiger partial charge in [0.1, 0.15) is 0 Å². The Kier molecular flexibility index (Phi) is 11.4. The van der Waals surface area contributed by atoms with Crippen molar-refractivity contribution in [3.8, 4) is 0 Å². The van der Waals surface area contributed by atoms with Gasteiger partial charge in [-0.1, -0.05) is 88.9 Å². The van der Waals surface area contributed by atoms with Crippen LogP contribution in [0.15, 0.2) is 54.7 Å². The highest BCUT2D eigenvalue weighted by Crippen LogP contribution is 2.29. The molecular weight excluding hydrogens is 458 g/mol. The van der Waals surface area contributed by atoms with Crippen LogP contribution in [-0.2, 0) is 17.8 Å². The second-order valence-corrected chi connectivity index (χ2v) is 11.0. The van der Waals surface area contributed by atoms with Crippen LogP contribution in [0.2, 0.25) is 0 Å². The van der Waals surface area contributed by atoms with Crippen molar-refractivity contribution >= 4 is 22.7 Å². The minimum atomic E-state index is -0.784. The summed E-state index contributed by atoms with van der Waals surface area (Å²) in [5.74, 6) is 0.727. The molecule has 1 unspecified atom stereocenters. The molecule has 0 fully saturated rings. The number of unbranched alkanes of at least 4 members (excludes halogenated alkanes) is 3. The molecule has 3 aromatic rings. The summed E-state index contributed by atoms with van der Waals surface area (Å²) >= 11 is 0. The first kappa shape index (κ1) is 28.7. The number of hydrogen-bond donors (Lipinski definition) is 1. The maximum Gasteiger partial charge on any atom is 0.303 e. The quantitative estimate of drug-likeness (QED) is 0.148. The van der Waals surface area contributed by atoms with Gasteiger partial charge in [0.15, 0.2) is 5.78 Å². The topological polar surface area (TPSA) is 59.3 Å². The SMILES string of the molecule is CCCC(CCCCCCC(=O)c1cn(CCCC(=O)O)c2ccccc12)c1ccc(CC(C)C)cc1. The third-order valence-corrected chi connectivity index (χ3v) is 7.32. The lowest BCUT2D eigenvalue weighted by Crippen LogP contribution is -2.02. The molecule has 0 aliphatic rings. The van der Waals surface area contributed by atoms with E-state index in [4.69, 9.17) is 5.11 Å². The zero-order valence-electron chi connectivity index (χ0n) is 23.0. The van der Waals surface area contributed by atoms with Crippen molar-refractivity contribution < 1.29 is 14.7 Å². The van der Waals surface area contributed by atoms with Crippen LogP contribution in [0.1, 0.15) is 112 Å². The number of rotatable bonds is 17. The molecule has 4 heteroatoms. The molecule has 0 saturated carbocycles. The molecule has 0 bridgehead atoms. The van der Waals surface area contributed by atoms with Crippen molar-refractivity contribution in [1.29, 1.82) is 0 Å². The summed E-state index contributed by atoms with van der Waals surface area (Å²) in [5, 5.41) is 9.92. The fraction of sp³-hybridized carbons (Fsp3) is 0.515. The highest BCUT2D eigenvalue weighted by Gasteiger charge is 2.15. The van der Waals surface area contributed by atoms with Crippen molar-refractivity contribution in [1.82, 2.24) is 4.57 Å².